The van der Waals surface area contributed by atoms with E-state index in [1.807, 2.05) is 0 Å². The Bertz CT molecular complexity index is 130. The highest BCUT2D eigenvalue weighted by Crippen LogP contribution is 2.17. The summed E-state index contributed by atoms with van der Waals surface area (Å²) in [4.78, 5) is 0. The smallest absolute Gasteiger partial charge is 0.00670 e. The molecule has 1 atom stereocenters. The SMILES string of the molecule is CC(CN)CCCNC1CCCCC1. The maximum atomic E-state index is 5.58. The minimum atomic E-state index is 0.697. The summed E-state index contributed by atoms with van der Waals surface area (Å²) in [5.74, 6) is 0.697. The normalized spacial score (nSPS) is 21.0. The van der Waals surface area contributed by atoms with Gasteiger partial charge in [0.2, 0.25) is 0 Å². The van der Waals surface area contributed by atoms with Crippen molar-refractivity contribution >= 4 is 0 Å². The third kappa shape index (κ3) is 4.97. The quantitative estimate of drug-likeness (QED) is 0.643. The second-order valence-corrected chi connectivity index (χ2v) is 4.77. The third-order valence-electron chi connectivity index (χ3n) is 3.31. The predicted molar refractivity (Wildman–Crippen MR) is 62.3 cm³/mol. The molecule has 0 aromatic rings. The highest BCUT2D eigenvalue weighted by molar-refractivity contribution is 4.71. The molecule has 0 aromatic heterocycles. The van der Waals surface area contributed by atoms with Crippen LogP contribution >= 0.6 is 0 Å². The van der Waals surface area contributed by atoms with Crippen molar-refractivity contribution in [3.8, 4) is 0 Å². The minimum absolute atomic E-state index is 0.697. The summed E-state index contributed by atoms with van der Waals surface area (Å²) in [7, 11) is 0. The van der Waals surface area contributed by atoms with Crippen molar-refractivity contribution in [3.05, 3.63) is 0 Å². The maximum absolute atomic E-state index is 5.58. The van der Waals surface area contributed by atoms with Crippen molar-refractivity contribution in [3.63, 3.8) is 0 Å². The number of rotatable bonds is 6. The van der Waals surface area contributed by atoms with Crippen LogP contribution in [0.2, 0.25) is 0 Å². The Labute approximate surface area is 88.6 Å². The third-order valence-corrected chi connectivity index (χ3v) is 3.31. The topological polar surface area (TPSA) is 38.0 Å². The number of hydrogen-bond acceptors (Lipinski definition) is 2. The lowest BCUT2D eigenvalue weighted by molar-refractivity contribution is 0.365. The second-order valence-electron chi connectivity index (χ2n) is 4.77. The van der Waals surface area contributed by atoms with Crippen LogP contribution < -0.4 is 11.1 Å². The Morgan fingerprint density at radius 3 is 2.64 bits per heavy atom. The van der Waals surface area contributed by atoms with Gasteiger partial charge >= 0.3 is 0 Å². The summed E-state index contributed by atoms with van der Waals surface area (Å²) >= 11 is 0. The van der Waals surface area contributed by atoms with E-state index in [-0.39, 0.29) is 0 Å². The van der Waals surface area contributed by atoms with E-state index < -0.39 is 0 Å². The van der Waals surface area contributed by atoms with Crippen LogP contribution in [0.3, 0.4) is 0 Å². The van der Waals surface area contributed by atoms with E-state index in [0.29, 0.717) is 5.92 Å². The monoisotopic (exact) mass is 198 g/mol. The molecule has 1 unspecified atom stereocenters. The Morgan fingerprint density at radius 2 is 2.00 bits per heavy atom. The average molecular weight is 198 g/mol. The fourth-order valence-corrected chi connectivity index (χ4v) is 2.18. The van der Waals surface area contributed by atoms with Gasteiger partial charge in [0, 0.05) is 6.04 Å². The molecular formula is C12H26N2. The average Bonchev–Trinajstić information content (AvgIpc) is 2.25. The van der Waals surface area contributed by atoms with Crippen LogP contribution in [-0.4, -0.2) is 19.1 Å². The molecule has 0 bridgehead atoms. The van der Waals surface area contributed by atoms with E-state index >= 15 is 0 Å². The molecule has 1 saturated carbocycles. The molecule has 3 N–H and O–H groups in total. The van der Waals surface area contributed by atoms with Crippen LogP contribution in [0.15, 0.2) is 0 Å². The fourth-order valence-electron chi connectivity index (χ4n) is 2.18. The van der Waals surface area contributed by atoms with E-state index in [2.05, 4.69) is 12.2 Å². The molecule has 0 amide bonds. The molecule has 0 heterocycles. The Balaban J connectivity index is 1.92. The molecule has 0 aromatic carbocycles. The van der Waals surface area contributed by atoms with E-state index in [0.717, 1.165) is 12.6 Å². The molecule has 1 fully saturated rings. The van der Waals surface area contributed by atoms with E-state index in [4.69, 9.17) is 5.73 Å². The van der Waals surface area contributed by atoms with Crippen LogP contribution in [0.4, 0.5) is 0 Å². The molecule has 0 spiro atoms. The van der Waals surface area contributed by atoms with Gasteiger partial charge in [-0.2, -0.15) is 0 Å². The lowest BCUT2D eigenvalue weighted by Crippen LogP contribution is -2.32. The first-order valence-corrected chi connectivity index (χ1v) is 6.26. The highest BCUT2D eigenvalue weighted by Gasteiger charge is 2.11. The van der Waals surface area contributed by atoms with E-state index in [1.54, 1.807) is 0 Å². The van der Waals surface area contributed by atoms with Crippen LogP contribution in [0.1, 0.15) is 51.9 Å². The molecule has 1 aliphatic rings. The Hall–Kier alpha value is -0.0800. The number of hydrogen-bond donors (Lipinski definition) is 2. The zero-order chi connectivity index (χ0) is 10.2. The molecule has 1 rings (SSSR count). The summed E-state index contributed by atoms with van der Waals surface area (Å²) in [6.45, 7) is 4.26. The Kier molecular flexibility index (Phi) is 6.20. The molecule has 2 heteroatoms. The summed E-state index contributed by atoms with van der Waals surface area (Å²) < 4.78 is 0. The van der Waals surface area contributed by atoms with Gasteiger partial charge < -0.3 is 11.1 Å². The van der Waals surface area contributed by atoms with E-state index in [9.17, 15) is 0 Å². The zero-order valence-electron chi connectivity index (χ0n) is 9.60. The molecule has 0 aliphatic heterocycles. The largest absolute Gasteiger partial charge is 0.330 e. The summed E-state index contributed by atoms with van der Waals surface area (Å²) in [5.41, 5.74) is 5.58. The van der Waals surface area contributed by atoms with Crippen molar-refractivity contribution in [1.29, 1.82) is 0 Å². The van der Waals surface area contributed by atoms with Crippen LogP contribution in [0.5, 0.6) is 0 Å². The molecule has 0 saturated heterocycles. The molecule has 0 radical (unpaired) electrons. The maximum Gasteiger partial charge on any atom is 0.00670 e. The zero-order valence-corrected chi connectivity index (χ0v) is 9.60. The van der Waals surface area contributed by atoms with Gasteiger partial charge in [0.05, 0.1) is 0 Å². The van der Waals surface area contributed by atoms with E-state index in [1.165, 1.54) is 51.5 Å². The minimum Gasteiger partial charge on any atom is -0.330 e. The van der Waals surface area contributed by atoms with Gasteiger partial charge in [-0.15, -0.1) is 0 Å². The van der Waals surface area contributed by atoms with Gasteiger partial charge in [-0.05, 0) is 44.7 Å². The number of nitrogens with two attached hydrogens (primary N) is 1. The van der Waals surface area contributed by atoms with Crippen molar-refractivity contribution in [2.45, 2.75) is 57.9 Å². The highest BCUT2D eigenvalue weighted by atomic mass is 14.9. The first-order valence-electron chi connectivity index (χ1n) is 6.26. The van der Waals surface area contributed by atoms with Gasteiger partial charge in [-0.1, -0.05) is 26.2 Å². The first-order chi connectivity index (χ1) is 6.83. The lowest BCUT2D eigenvalue weighted by atomic mass is 9.95. The fraction of sp³-hybridized carbons (Fsp3) is 1.00. The van der Waals surface area contributed by atoms with Crippen molar-refractivity contribution in [2.75, 3.05) is 13.1 Å². The van der Waals surface area contributed by atoms with Gasteiger partial charge in [0.1, 0.15) is 0 Å². The first kappa shape index (κ1) is 12.0. The van der Waals surface area contributed by atoms with Crippen LogP contribution in [-0.2, 0) is 0 Å². The van der Waals surface area contributed by atoms with Crippen molar-refractivity contribution in [1.82, 2.24) is 5.32 Å². The molecule has 1 aliphatic carbocycles. The molecule has 84 valence electrons. The predicted octanol–water partition coefficient (Wildman–Crippen LogP) is 2.28. The number of nitrogens with one attached hydrogen (secondary N) is 1. The molecule has 14 heavy (non-hydrogen) atoms. The van der Waals surface area contributed by atoms with Gasteiger partial charge in [0.25, 0.3) is 0 Å². The molecular weight excluding hydrogens is 172 g/mol. The van der Waals surface area contributed by atoms with Gasteiger partial charge in [-0.25, -0.2) is 0 Å². The lowest BCUT2D eigenvalue weighted by Gasteiger charge is -2.23. The Morgan fingerprint density at radius 1 is 1.29 bits per heavy atom. The van der Waals surface area contributed by atoms with Crippen LogP contribution in [0.25, 0.3) is 0 Å². The van der Waals surface area contributed by atoms with Crippen LogP contribution in [0, 0.1) is 5.92 Å². The van der Waals surface area contributed by atoms with Crippen molar-refractivity contribution < 1.29 is 0 Å². The second kappa shape index (κ2) is 7.24. The molecule has 2 nitrogen and oxygen atoms in total. The summed E-state index contributed by atoms with van der Waals surface area (Å²) in [6, 6.07) is 0.817. The standard InChI is InChI=1S/C12H26N2/c1-11(10-13)6-5-9-14-12-7-3-2-4-8-12/h11-12,14H,2-10,13H2,1H3. The van der Waals surface area contributed by atoms with Crippen molar-refractivity contribution in [2.24, 2.45) is 11.7 Å². The van der Waals surface area contributed by atoms with Gasteiger partial charge in [0.15, 0.2) is 0 Å². The summed E-state index contributed by atoms with van der Waals surface area (Å²) in [6.07, 6.45) is 9.65. The summed E-state index contributed by atoms with van der Waals surface area (Å²) in [5, 5.41) is 3.66. The van der Waals surface area contributed by atoms with Gasteiger partial charge in [-0.3, -0.25) is 0 Å².